The third-order valence-electron chi connectivity index (χ3n) is 3.37. The predicted octanol–water partition coefficient (Wildman–Crippen LogP) is 1.35. The topological polar surface area (TPSA) is 67.9 Å². The summed E-state index contributed by atoms with van der Waals surface area (Å²) in [5, 5.41) is 3.56. The number of hydrogen-bond donors (Lipinski definition) is 1. The molecule has 0 amide bonds. The van der Waals surface area contributed by atoms with Gasteiger partial charge in [0.05, 0.1) is 6.61 Å². The zero-order valence-electron chi connectivity index (χ0n) is 12.5. The Morgan fingerprint density at radius 3 is 2.86 bits per heavy atom. The molecule has 1 fully saturated rings. The predicted molar refractivity (Wildman–Crippen MR) is 85.1 cm³/mol. The van der Waals surface area contributed by atoms with Crippen LogP contribution < -0.4 is 10.1 Å². The maximum absolute atomic E-state index is 12.9. The van der Waals surface area contributed by atoms with Crippen molar-refractivity contribution < 1.29 is 17.9 Å². The van der Waals surface area contributed by atoms with Gasteiger partial charge < -0.3 is 14.8 Å². The summed E-state index contributed by atoms with van der Waals surface area (Å²) in [4.78, 5) is 0.109. The first-order valence-corrected chi connectivity index (χ1v) is 8.99. The molecule has 1 aliphatic heterocycles. The molecule has 1 N–H and O–H groups in total. The Morgan fingerprint density at radius 2 is 2.09 bits per heavy atom. The molecule has 6 nitrogen and oxygen atoms in total. The zero-order chi connectivity index (χ0) is 16.0. The molecule has 0 aliphatic carbocycles. The second-order valence-electron chi connectivity index (χ2n) is 4.94. The van der Waals surface area contributed by atoms with E-state index in [4.69, 9.17) is 21.1 Å². The minimum absolute atomic E-state index is 0.109. The van der Waals surface area contributed by atoms with Crippen molar-refractivity contribution in [3.63, 3.8) is 0 Å². The van der Waals surface area contributed by atoms with Gasteiger partial charge in [-0.15, -0.1) is 0 Å². The van der Waals surface area contributed by atoms with E-state index in [9.17, 15) is 8.42 Å². The molecule has 1 saturated heterocycles. The van der Waals surface area contributed by atoms with E-state index in [-0.39, 0.29) is 11.5 Å². The fraction of sp³-hybridized carbons (Fsp3) is 0.571. The lowest BCUT2D eigenvalue weighted by atomic mass is 10.3. The van der Waals surface area contributed by atoms with Crippen molar-refractivity contribution in [2.24, 2.45) is 0 Å². The van der Waals surface area contributed by atoms with Gasteiger partial charge in [-0.25, -0.2) is 8.42 Å². The summed E-state index contributed by atoms with van der Waals surface area (Å²) >= 11 is 5.98. The number of benzene rings is 1. The van der Waals surface area contributed by atoms with E-state index < -0.39 is 10.0 Å². The Bertz CT molecular complexity index is 587. The Hall–Kier alpha value is -0.860. The molecule has 1 aromatic carbocycles. The van der Waals surface area contributed by atoms with E-state index in [1.807, 2.05) is 0 Å². The zero-order valence-corrected chi connectivity index (χ0v) is 14.1. The van der Waals surface area contributed by atoms with Crippen molar-refractivity contribution in [3.8, 4) is 5.75 Å². The van der Waals surface area contributed by atoms with Crippen molar-refractivity contribution >= 4 is 21.6 Å². The highest BCUT2D eigenvalue weighted by Gasteiger charge is 2.28. The van der Waals surface area contributed by atoms with Gasteiger partial charge in [-0.2, -0.15) is 4.31 Å². The number of methoxy groups -OCH3 is 1. The van der Waals surface area contributed by atoms with Gasteiger partial charge >= 0.3 is 0 Å². The quantitative estimate of drug-likeness (QED) is 0.786. The van der Waals surface area contributed by atoms with E-state index in [0.29, 0.717) is 37.0 Å². The fourth-order valence-corrected chi connectivity index (χ4v) is 4.11. The summed E-state index contributed by atoms with van der Waals surface area (Å²) in [5.41, 5.74) is 0. The van der Waals surface area contributed by atoms with Crippen LogP contribution in [0.3, 0.4) is 0 Å². The van der Waals surface area contributed by atoms with Crippen LogP contribution in [0.1, 0.15) is 6.42 Å². The standard InChI is InChI=1S/C14H21ClN2O4S/c1-20-9-10-21-13-4-3-12(15)11-14(13)22(18,19)17-7-2-5-16-6-8-17/h3-4,11,16H,2,5-10H2,1H3. The number of rotatable bonds is 6. The van der Waals surface area contributed by atoms with Gasteiger partial charge in [-0.05, 0) is 31.2 Å². The summed E-state index contributed by atoms with van der Waals surface area (Å²) in [5.74, 6) is 0.304. The van der Waals surface area contributed by atoms with Crippen molar-refractivity contribution in [2.75, 3.05) is 46.5 Å². The van der Waals surface area contributed by atoms with E-state index in [1.54, 1.807) is 19.2 Å². The van der Waals surface area contributed by atoms with Gasteiger partial charge in [0.2, 0.25) is 10.0 Å². The van der Waals surface area contributed by atoms with Crippen molar-refractivity contribution in [2.45, 2.75) is 11.3 Å². The fourth-order valence-electron chi connectivity index (χ4n) is 2.24. The molecule has 8 heteroatoms. The number of ether oxygens (including phenoxy) is 2. The van der Waals surface area contributed by atoms with Crippen molar-refractivity contribution in [3.05, 3.63) is 23.2 Å². The summed E-state index contributed by atoms with van der Waals surface area (Å²) in [6, 6.07) is 4.64. The highest BCUT2D eigenvalue weighted by molar-refractivity contribution is 7.89. The van der Waals surface area contributed by atoms with Crippen LogP contribution >= 0.6 is 11.6 Å². The van der Waals surface area contributed by atoms with E-state index in [1.165, 1.54) is 10.4 Å². The highest BCUT2D eigenvalue weighted by atomic mass is 35.5. The van der Waals surface area contributed by atoms with Gasteiger partial charge in [-0.1, -0.05) is 11.6 Å². The Balaban J connectivity index is 2.29. The van der Waals surface area contributed by atoms with Crippen LogP contribution in [-0.2, 0) is 14.8 Å². The van der Waals surface area contributed by atoms with Crippen LogP contribution in [0.25, 0.3) is 0 Å². The van der Waals surface area contributed by atoms with Crippen LogP contribution in [0.5, 0.6) is 5.75 Å². The molecule has 124 valence electrons. The maximum Gasteiger partial charge on any atom is 0.246 e. The summed E-state index contributed by atoms with van der Waals surface area (Å²) in [6.45, 7) is 3.04. The number of nitrogens with zero attached hydrogens (tertiary/aromatic N) is 1. The van der Waals surface area contributed by atoms with Gasteiger partial charge in [0.15, 0.2) is 0 Å². The Labute approximate surface area is 136 Å². The molecule has 1 aliphatic rings. The molecular weight excluding hydrogens is 328 g/mol. The molecule has 1 heterocycles. The summed E-state index contributed by atoms with van der Waals surface area (Å²) in [7, 11) is -2.07. The van der Waals surface area contributed by atoms with E-state index in [2.05, 4.69) is 5.32 Å². The third kappa shape index (κ3) is 4.33. The van der Waals surface area contributed by atoms with Crippen molar-refractivity contribution in [1.82, 2.24) is 9.62 Å². The first-order chi connectivity index (χ1) is 10.6. The minimum atomic E-state index is -3.63. The monoisotopic (exact) mass is 348 g/mol. The van der Waals surface area contributed by atoms with Gasteiger partial charge in [0.25, 0.3) is 0 Å². The number of nitrogens with one attached hydrogen (secondary N) is 1. The van der Waals surface area contributed by atoms with Crippen LogP contribution in [0.2, 0.25) is 5.02 Å². The highest BCUT2D eigenvalue weighted by Crippen LogP contribution is 2.30. The molecule has 2 rings (SSSR count). The first-order valence-electron chi connectivity index (χ1n) is 7.18. The molecule has 22 heavy (non-hydrogen) atoms. The lowest BCUT2D eigenvalue weighted by molar-refractivity contribution is 0.144. The molecule has 0 bridgehead atoms. The van der Waals surface area contributed by atoms with Crippen LogP contribution in [0, 0.1) is 0 Å². The smallest absolute Gasteiger partial charge is 0.246 e. The van der Waals surface area contributed by atoms with E-state index >= 15 is 0 Å². The Morgan fingerprint density at radius 1 is 1.27 bits per heavy atom. The number of sulfonamides is 1. The van der Waals surface area contributed by atoms with Gasteiger partial charge in [0, 0.05) is 31.8 Å². The number of halogens is 1. The largest absolute Gasteiger partial charge is 0.490 e. The molecule has 1 aromatic rings. The minimum Gasteiger partial charge on any atom is -0.490 e. The van der Waals surface area contributed by atoms with Gasteiger partial charge in [-0.3, -0.25) is 0 Å². The van der Waals surface area contributed by atoms with Crippen LogP contribution in [-0.4, -0.2) is 59.2 Å². The molecular formula is C14H21ClN2O4S. The molecule has 0 aromatic heterocycles. The average Bonchev–Trinajstić information content (AvgIpc) is 2.78. The van der Waals surface area contributed by atoms with Crippen molar-refractivity contribution in [1.29, 1.82) is 0 Å². The molecule has 0 unspecified atom stereocenters. The second-order valence-corrected chi connectivity index (χ2v) is 7.28. The molecule has 0 radical (unpaired) electrons. The van der Waals surface area contributed by atoms with E-state index in [0.717, 1.165) is 13.0 Å². The van der Waals surface area contributed by atoms with Gasteiger partial charge in [0.1, 0.15) is 17.3 Å². The first kappa shape index (κ1) is 17.5. The Kier molecular flexibility index (Phi) is 6.46. The molecule has 0 spiro atoms. The second kappa shape index (κ2) is 8.12. The summed E-state index contributed by atoms with van der Waals surface area (Å²) in [6.07, 6.45) is 0.777. The number of hydrogen-bond acceptors (Lipinski definition) is 5. The lowest BCUT2D eigenvalue weighted by Gasteiger charge is -2.21. The normalized spacial score (nSPS) is 17.2. The van der Waals surface area contributed by atoms with Crippen LogP contribution in [0.15, 0.2) is 23.1 Å². The lowest BCUT2D eigenvalue weighted by Crippen LogP contribution is -2.34. The average molecular weight is 349 g/mol. The molecule has 0 atom stereocenters. The van der Waals surface area contributed by atoms with Crippen LogP contribution in [0.4, 0.5) is 0 Å². The SMILES string of the molecule is COCCOc1ccc(Cl)cc1S(=O)(=O)N1CCCNCC1. The molecule has 0 saturated carbocycles. The summed E-state index contributed by atoms with van der Waals surface area (Å²) < 4.78 is 37.7. The maximum atomic E-state index is 12.9. The third-order valence-corrected chi connectivity index (χ3v) is 5.52.